The molecule has 2 aromatic carbocycles. The van der Waals surface area contributed by atoms with Gasteiger partial charge in [-0.15, -0.1) is 10.2 Å². The van der Waals surface area contributed by atoms with Crippen LogP contribution in [0.2, 0.25) is 0 Å². The molecule has 0 atom stereocenters. The number of benzene rings is 2. The van der Waals surface area contributed by atoms with E-state index in [2.05, 4.69) is 19.9 Å². The maximum Gasteiger partial charge on any atom is 1.00 e. The molecule has 0 aliphatic carbocycles. The Balaban J connectivity index is 0.00000324. The predicted molar refractivity (Wildman–Crippen MR) is 120 cm³/mol. The number of sulfonamides is 1. The zero-order valence-corrected chi connectivity index (χ0v) is 19.5. The molecule has 178 valence electrons. The second-order valence-corrected chi connectivity index (χ2v) is 8.52. The van der Waals surface area contributed by atoms with E-state index in [-0.39, 0.29) is 44.4 Å². The minimum Gasteiger partial charge on any atom is -0.537 e. The summed E-state index contributed by atoms with van der Waals surface area (Å²) in [6.45, 7) is 0. The van der Waals surface area contributed by atoms with E-state index in [1.807, 2.05) is 0 Å². The molecule has 34 heavy (non-hydrogen) atoms. The summed E-state index contributed by atoms with van der Waals surface area (Å²) in [4.78, 5) is 28.9. The van der Waals surface area contributed by atoms with Gasteiger partial charge < -0.3 is 14.6 Å². The van der Waals surface area contributed by atoms with Gasteiger partial charge in [-0.25, -0.2) is 13.1 Å². The van der Waals surface area contributed by atoms with E-state index < -0.39 is 27.4 Å². The average Bonchev–Trinajstić information content (AvgIpc) is 2.99. The Morgan fingerprint density at radius 3 is 2.41 bits per heavy atom. The zero-order valence-electron chi connectivity index (χ0n) is 17.7. The largest absolute Gasteiger partial charge is 1.00 e. The zero-order chi connectivity index (χ0) is 23.8. The summed E-state index contributed by atoms with van der Waals surface area (Å²) in [5.41, 5.74) is -0.903. The number of amides is 1. The van der Waals surface area contributed by atoms with Crippen molar-refractivity contribution in [2.75, 3.05) is 0 Å². The van der Waals surface area contributed by atoms with Crippen LogP contribution in [0.3, 0.4) is 0 Å². The molecule has 1 amide bonds. The van der Waals surface area contributed by atoms with Crippen molar-refractivity contribution in [1.82, 2.24) is 14.3 Å². The van der Waals surface area contributed by atoms with Gasteiger partial charge in [0.15, 0.2) is 0 Å². The Labute approximate surface area is 204 Å². The SMILES string of the molecule is Cn1c(O)c(N=Nc2ccccc2C(=O)[N-]S(=O)(=O)c2cccc3cccnc23)c(=O)n1C.[Cu+]. The molecule has 2 heterocycles. The van der Waals surface area contributed by atoms with Crippen LogP contribution in [0, 0.1) is 0 Å². The molecule has 13 heteroatoms. The molecule has 0 saturated carbocycles. The van der Waals surface area contributed by atoms with Crippen LogP contribution in [0.25, 0.3) is 15.6 Å². The van der Waals surface area contributed by atoms with E-state index in [4.69, 9.17) is 0 Å². The first-order valence-electron chi connectivity index (χ1n) is 9.52. The Morgan fingerprint density at radius 2 is 1.71 bits per heavy atom. The van der Waals surface area contributed by atoms with Crippen molar-refractivity contribution in [3.05, 3.63) is 81.4 Å². The maximum absolute atomic E-state index is 12.9. The topological polar surface area (TPSA) is 150 Å². The third-order valence-corrected chi connectivity index (χ3v) is 6.23. The van der Waals surface area contributed by atoms with Gasteiger partial charge in [0.2, 0.25) is 11.6 Å². The van der Waals surface area contributed by atoms with E-state index in [0.29, 0.717) is 5.39 Å². The smallest absolute Gasteiger partial charge is 0.537 e. The number of hydrogen-bond donors (Lipinski definition) is 1. The Kier molecular flexibility index (Phi) is 7.01. The van der Waals surface area contributed by atoms with Crippen LogP contribution < -0.4 is 5.56 Å². The number of hydrogen-bond acceptors (Lipinski definition) is 8. The number of pyridine rings is 1. The van der Waals surface area contributed by atoms with Gasteiger partial charge in [0.05, 0.1) is 22.0 Å². The number of azo groups is 1. The van der Waals surface area contributed by atoms with Crippen LogP contribution >= 0.6 is 0 Å². The summed E-state index contributed by atoms with van der Waals surface area (Å²) in [6.07, 6.45) is 1.45. The Morgan fingerprint density at radius 1 is 1.00 bits per heavy atom. The van der Waals surface area contributed by atoms with E-state index >= 15 is 0 Å². The van der Waals surface area contributed by atoms with Gasteiger partial charge in [0.1, 0.15) is 10.0 Å². The third kappa shape index (κ3) is 4.49. The molecule has 4 rings (SSSR count). The van der Waals surface area contributed by atoms with Gasteiger partial charge in [0, 0.05) is 31.2 Å². The first kappa shape index (κ1) is 24.8. The number of rotatable bonds is 5. The second kappa shape index (κ2) is 9.59. The molecule has 0 fully saturated rings. The summed E-state index contributed by atoms with van der Waals surface area (Å²) in [5.74, 6) is -1.48. The fourth-order valence-electron chi connectivity index (χ4n) is 3.11. The van der Waals surface area contributed by atoms with Crippen molar-refractivity contribution in [2.24, 2.45) is 24.3 Å². The fraction of sp³-hybridized carbons (Fsp3) is 0.0952. The molecular weight excluding hydrogens is 512 g/mol. The second-order valence-electron chi connectivity index (χ2n) is 6.94. The summed E-state index contributed by atoms with van der Waals surface area (Å²) < 4.78 is 31.5. The van der Waals surface area contributed by atoms with Crippen molar-refractivity contribution < 1.29 is 35.4 Å². The van der Waals surface area contributed by atoms with Gasteiger partial charge in [-0.05, 0) is 18.2 Å². The van der Waals surface area contributed by atoms with Crippen molar-refractivity contribution in [1.29, 1.82) is 0 Å². The summed E-state index contributed by atoms with van der Waals surface area (Å²) in [5, 5.41) is 18.3. The molecule has 1 N–H and O–H groups in total. The van der Waals surface area contributed by atoms with Crippen molar-refractivity contribution in [3.63, 3.8) is 0 Å². The number of nitrogens with zero attached hydrogens (tertiary/aromatic N) is 6. The number of aromatic hydroxyl groups is 1. The summed E-state index contributed by atoms with van der Waals surface area (Å²) in [7, 11) is -1.50. The minimum absolute atomic E-state index is 0. The Hall–Kier alpha value is -3.80. The molecule has 11 nitrogen and oxygen atoms in total. The number of fused-ring (bicyclic) bond motifs is 1. The summed E-state index contributed by atoms with van der Waals surface area (Å²) >= 11 is 0. The average molecular weight is 529 g/mol. The van der Waals surface area contributed by atoms with Crippen LogP contribution in [0.15, 0.2) is 80.7 Å². The summed E-state index contributed by atoms with van der Waals surface area (Å²) in [6, 6.07) is 13.7. The van der Waals surface area contributed by atoms with Crippen LogP contribution in [-0.2, 0) is 41.2 Å². The molecule has 0 aliphatic rings. The molecular formula is C21H17CuN6O5S. The van der Waals surface area contributed by atoms with Gasteiger partial charge in [-0.1, -0.05) is 36.4 Å². The number of carbonyl (C=O) groups excluding carboxylic acids is 1. The molecule has 4 aromatic rings. The molecule has 0 radical (unpaired) electrons. The van der Waals surface area contributed by atoms with Crippen LogP contribution in [0.5, 0.6) is 5.88 Å². The van der Waals surface area contributed by atoms with Gasteiger partial charge >= 0.3 is 17.1 Å². The standard InChI is InChI=1S/C21H18N6O5S.Cu/c1-26-20(29)18(21(30)27(26)2)24-23-15-10-4-3-9-14(15)19(28)25-33(31,32)16-11-5-7-13-8-6-12-22-17(13)16;/h3-12H,1-2H3,(H2,23,25,28,29,30);/q;+1/p-1. The van der Waals surface area contributed by atoms with Crippen LogP contribution in [0.4, 0.5) is 11.4 Å². The van der Waals surface area contributed by atoms with Crippen LogP contribution in [0.1, 0.15) is 10.4 Å². The molecule has 0 aliphatic heterocycles. The molecule has 0 spiro atoms. The number of aromatic nitrogens is 3. The van der Waals surface area contributed by atoms with Gasteiger partial charge in [-0.2, -0.15) is 0 Å². The number of carbonyl (C=O) groups is 1. The first-order valence-corrected chi connectivity index (χ1v) is 11.0. The molecule has 2 aromatic heterocycles. The van der Waals surface area contributed by atoms with E-state index in [0.717, 1.165) is 4.68 Å². The predicted octanol–water partition coefficient (Wildman–Crippen LogP) is 3.29. The fourth-order valence-corrected chi connectivity index (χ4v) is 4.19. The van der Waals surface area contributed by atoms with Crippen LogP contribution in [-0.4, -0.2) is 33.8 Å². The van der Waals surface area contributed by atoms with Crippen molar-refractivity contribution in [2.45, 2.75) is 4.90 Å². The van der Waals surface area contributed by atoms with Gasteiger partial charge in [-0.3, -0.25) is 14.5 Å². The molecule has 0 unspecified atom stereocenters. The van der Waals surface area contributed by atoms with Gasteiger partial charge in [0.25, 0.3) is 5.56 Å². The quantitative estimate of drug-likeness (QED) is 0.310. The molecule has 0 saturated heterocycles. The third-order valence-electron chi connectivity index (χ3n) is 4.93. The monoisotopic (exact) mass is 528 g/mol. The minimum atomic E-state index is -4.39. The molecule has 0 bridgehead atoms. The van der Waals surface area contributed by atoms with Crippen molar-refractivity contribution >= 4 is 38.2 Å². The Bertz CT molecular complexity index is 1590. The normalized spacial score (nSPS) is 11.5. The first-order chi connectivity index (χ1) is 15.7. The van der Waals surface area contributed by atoms with E-state index in [9.17, 15) is 23.1 Å². The van der Waals surface area contributed by atoms with Crippen molar-refractivity contribution in [3.8, 4) is 5.88 Å². The maximum atomic E-state index is 12.9. The number of para-hydroxylation sites is 1. The van der Waals surface area contributed by atoms with E-state index in [1.54, 1.807) is 24.3 Å². The van der Waals surface area contributed by atoms with E-state index in [1.165, 1.54) is 55.3 Å².